The standard InChI is InChI=1S/C59H60BN2/c1-11-28-59(9,10)51-35-54(40(8)29-47(51)36(3)4)62-55-30-39(7)48(45-25-16-13-20-37(45)5)33-52(55)60-57-50(44(12-2)49(34-56(57)62)46-26-17-14-21-38(46)6)32-43-24-19-23-42-31-41-22-15-18-27-53(41)61-58(42)43/h12-27,29-30,33-36,61H,2,11,28,31-32H2,1,3-10H3. The summed E-state index contributed by atoms with van der Waals surface area (Å²) in [7, 11) is 2.49. The maximum atomic E-state index is 4.57. The molecule has 1 radical (unpaired) electrons. The van der Waals surface area contributed by atoms with Crippen molar-refractivity contribution in [2.24, 2.45) is 0 Å². The number of fused-ring (bicyclic) bond motifs is 4. The van der Waals surface area contributed by atoms with Gasteiger partial charge in [0, 0.05) is 34.9 Å². The maximum Gasteiger partial charge on any atom is 0.197 e. The molecule has 0 fully saturated rings. The molecule has 0 spiro atoms. The molecule has 0 saturated heterocycles. The van der Waals surface area contributed by atoms with Gasteiger partial charge in [0.2, 0.25) is 0 Å². The van der Waals surface area contributed by atoms with Crippen molar-refractivity contribution in [2.75, 3.05) is 10.2 Å². The fraction of sp³-hybridized carbons (Fsp3) is 0.254. The van der Waals surface area contributed by atoms with Gasteiger partial charge in [-0.15, -0.1) is 0 Å². The van der Waals surface area contributed by atoms with Crippen LogP contribution in [0.25, 0.3) is 28.3 Å². The van der Waals surface area contributed by atoms with E-state index in [-0.39, 0.29) is 5.41 Å². The lowest BCUT2D eigenvalue weighted by molar-refractivity contribution is 0.467. The van der Waals surface area contributed by atoms with Crippen LogP contribution in [0, 0.1) is 27.7 Å². The number of hydrogen-bond acceptors (Lipinski definition) is 2. The van der Waals surface area contributed by atoms with Gasteiger partial charge in [-0.2, -0.15) is 0 Å². The Morgan fingerprint density at radius 3 is 2.06 bits per heavy atom. The second-order valence-corrected chi connectivity index (χ2v) is 18.9. The lowest BCUT2D eigenvalue weighted by Crippen LogP contribution is -2.43. The van der Waals surface area contributed by atoms with Crippen molar-refractivity contribution in [1.29, 1.82) is 0 Å². The lowest BCUT2D eigenvalue weighted by atomic mass is 9.56. The van der Waals surface area contributed by atoms with Crippen molar-refractivity contribution in [1.82, 2.24) is 0 Å². The molecule has 1 N–H and O–H groups in total. The molecule has 3 heteroatoms. The third-order valence-corrected chi connectivity index (χ3v) is 13.8. The summed E-state index contributed by atoms with van der Waals surface area (Å²) in [6.45, 7) is 25.6. The molecule has 0 aromatic heterocycles. The smallest absolute Gasteiger partial charge is 0.197 e. The van der Waals surface area contributed by atoms with Crippen LogP contribution in [0.2, 0.25) is 0 Å². The van der Waals surface area contributed by atoms with Crippen molar-refractivity contribution in [3.05, 3.63) is 189 Å². The van der Waals surface area contributed by atoms with E-state index < -0.39 is 0 Å². The average Bonchev–Trinajstić information content (AvgIpc) is 3.25. The van der Waals surface area contributed by atoms with E-state index >= 15 is 0 Å². The van der Waals surface area contributed by atoms with Crippen molar-refractivity contribution in [3.8, 4) is 22.3 Å². The summed E-state index contributed by atoms with van der Waals surface area (Å²) in [5.74, 6) is 0.411. The van der Waals surface area contributed by atoms with Crippen LogP contribution in [0.3, 0.4) is 0 Å². The van der Waals surface area contributed by atoms with E-state index in [2.05, 4.69) is 214 Å². The van der Waals surface area contributed by atoms with E-state index in [1.807, 2.05) is 0 Å². The second kappa shape index (κ2) is 16.3. The van der Waals surface area contributed by atoms with Crippen LogP contribution >= 0.6 is 0 Å². The first-order chi connectivity index (χ1) is 29.9. The van der Waals surface area contributed by atoms with Gasteiger partial charge in [0.05, 0.1) is 0 Å². The molecule has 7 aromatic rings. The quantitative estimate of drug-likeness (QED) is 0.139. The van der Waals surface area contributed by atoms with Gasteiger partial charge in [0.1, 0.15) is 0 Å². The molecule has 2 heterocycles. The summed E-state index contributed by atoms with van der Waals surface area (Å²) >= 11 is 0. The van der Waals surface area contributed by atoms with Gasteiger partial charge in [-0.05, 0) is 160 Å². The molecule has 0 saturated carbocycles. The first-order valence-electron chi connectivity index (χ1n) is 22.7. The van der Waals surface area contributed by atoms with Crippen molar-refractivity contribution >= 4 is 52.7 Å². The Morgan fingerprint density at radius 1 is 0.694 bits per heavy atom. The second-order valence-electron chi connectivity index (χ2n) is 18.9. The van der Waals surface area contributed by atoms with Crippen LogP contribution in [0.5, 0.6) is 0 Å². The summed E-state index contributed by atoms with van der Waals surface area (Å²) < 4.78 is 0. The van der Waals surface area contributed by atoms with Crippen LogP contribution in [-0.2, 0) is 18.3 Å². The normalized spacial score (nSPS) is 12.8. The average molecular weight is 808 g/mol. The predicted octanol–water partition coefficient (Wildman–Crippen LogP) is 14.8. The number of anilines is 5. The Kier molecular flexibility index (Phi) is 10.9. The zero-order valence-electron chi connectivity index (χ0n) is 38.3. The fourth-order valence-corrected chi connectivity index (χ4v) is 10.6. The van der Waals surface area contributed by atoms with Gasteiger partial charge >= 0.3 is 0 Å². The van der Waals surface area contributed by atoms with E-state index in [1.54, 1.807) is 0 Å². The number of hydrogen-bond donors (Lipinski definition) is 1. The summed E-state index contributed by atoms with van der Waals surface area (Å²) in [5.41, 5.74) is 28.0. The van der Waals surface area contributed by atoms with E-state index in [4.69, 9.17) is 0 Å². The minimum absolute atomic E-state index is 0.0111. The number of aryl methyl sites for hydroxylation is 4. The SMILES string of the molecule is C=Cc1c(-c2ccccc2C)cc2c(c1Cc1cccc3c1Nc1ccccc1C3)[B]c1cc(-c3ccccc3C)c(C)cc1N2c1cc(C(C)(C)CCC)c(C(C)C)cc1C. The first-order valence-corrected chi connectivity index (χ1v) is 22.7. The molecule has 62 heavy (non-hydrogen) atoms. The summed E-state index contributed by atoms with van der Waals surface area (Å²) in [6.07, 6.45) is 6.04. The number of nitrogens with zero attached hydrogens (tertiary/aromatic N) is 1. The van der Waals surface area contributed by atoms with Crippen LogP contribution in [0.1, 0.15) is 115 Å². The van der Waals surface area contributed by atoms with Crippen molar-refractivity contribution in [2.45, 2.75) is 99.3 Å². The highest BCUT2D eigenvalue weighted by atomic mass is 15.2. The zero-order chi connectivity index (χ0) is 43.4. The molecule has 2 aliphatic rings. The molecule has 0 amide bonds. The Hall–Kier alpha value is -6.06. The summed E-state index contributed by atoms with van der Waals surface area (Å²) in [4.78, 5) is 2.62. The van der Waals surface area contributed by atoms with Gasteiger partial charge in [0.25, 0.3) is 0 Å². The number of benzene rings is 7. The number of nitrogens with one attached hydrogen (secondary N) is 1. The summed E-state index contributed by atoms with van der Waals surface area (Å²) in [6, 6.07) is 45.7. The Labute approximate surface area is 372 Å². The Balaban J connectivity index is 1.36. The third kappa shape index (κ3) is 7.20. The lowest BCUT2D eigenvalue weighted by Gasteiger charge is -2.39. The number of rotatable bonds is 10. The minimum atomic E-state index is 0.0111. The molecule has 7 aromatic carbocycles. The Bertz CT molecular complexity index is 2890. The molecule has 2 aliphatic heterocycles. The van der Waals surface area contributed by atoms with Gasteiger partial charge in [-0.3, -0.25) is 0 Å². The molecule has 2 nitrogen and oxygen atoms in total. The first kappa shape index (κ1) is 41.3. The molecular formula is C59H60BN2. The topological polar surface area (TPSA) is 15.3 Å². The van der Waals surface area contributed by atoms with E-state index in [0.717, 1.165) is 25.7 Å². The van der Waals surface area contributed by atoms with Gasteiger partial charge in [-0.25, -0.2) is 0 Å². The maximum absolute atomic E-state index is 4.57. The summed E-state index contributed by atoms with van der Waals surface area (Å²) in [5, 5.41) is 3.90. The van der Waals surface area contributed by atoms with Crippen LogP contribution in [0.15, 0.2) is 128 Å². The highest BCUT2D eigenvalue weighted by molar-refractivity contribution is 6.72. The van der Waals surface area contributed by atoms with E-state index in [0.29, 0.717) is 5.92 Å². The zero-order valence-corrected chi connectivity index (χ0v) is 38.3. The van der Waals surface area contributed by atoms with Crippen LogP contribution < -0.4 is 21.1 Å². The minimum Gasteiger partial charge on any atom is -0.355 e. The van der Waals surface area contributed by atoms with E-state index in [9.17, 15) is 0 Å². The monoisotopic (exact) mass is 807 g/mol. The third-order valence-electron chi connectivity index (χ3n) is 13.8. The molecule has 9 rings (SSSR count). The van der Waals surface area contributed by atoms with Gasteiger partial charge in [-0.1, -0.05) is 162 Å². The largest absolute Gasteiger partial charge is 0.355 e. The van der Waals surface area contributed by atoms with Gasteiger partial charge < -0.3 is 10.2 Å². The molecule has 0 atom stereocenters. The van der Waals surface area contributed by atoms with Crippen molar-refractivity contribution in [3.63, 3.8) is 0 Å². The molecule has 0 bridgehead atoms. The van der Waals surface area contributed by atoms with Crippen molar-refractivity contribution < 1.29 is 0 Å². The Morgan fingerprint density at radius 2 is 1.37 bits per heavy atom. The van der Waals surface area contributed by atoms with Crippen LogP contribution in [-0.4, -0.2) is 7.28 Å². The highest BCUT2D eigenvalue weighted by Crippen LogP contribution is 2.47. The fourth-order valence-electron chi connectivity index (χ4n) is 10.6. The molecule has 309 valence electrons. The number of para-hydroxylation sites is 2. The molecule has 0 unspecified atom stereocenters. The van der Waals surface area contributed by atoms with Gasteiger partial charge in [0.15, 0.2) is 7.28 Å². The van der Waals surface area contributed by atoms with E-state index in [1.165, 1.54) is 123 Å². The molecular weight excluding hydrogens is 747 g/mol. The highest BCUT2D eigenvalue weighted by Gasteiger charge is 2.34. The molecule has 0 aliphatic carbocycles. The predicted molar refractivity (Wildman–Crippen MR) is 270 cm³/mol. The van der Waals surface area contributed by atoms with Crippen LogP contribution in [0.4, 0.5) is 28.4 Å².